The van der Waals surface area contributed by atoms with Crippen molar-refractivity contribution < 1.29 is 22.7 Å². The van der Waals surface area contributed by atoms with Crippen molar-refractivity contribution >= 4 is 11.6 Å². The highest BCUT2D eigenvalue weighted by atomic mass is 19.4. The molecule has 6 nitrogen and oxygen atoms in total. The number of ether oxygens (including phenoxy) is 1. The van der Waals surface area contributed by atoms with Gasteiger partial charge in [-0.15, -0.1) is 5.10 Å². The molecule has 1 heterocycles. The highest BCUT2D eigenvalue weighted by Crippen LogP contribution is 2.26. The fourth-order valence-corrected chi connectivity index (χ4v) is 1.48. The molecule has 0 aliphatic carbocycles. The van der Waals surface area contributed by atoms with Gasteiger partial charge in [-0.2, -0.15) is 13.2 Å². The molecule has 0 fully saturated rings. The van der Waals surface area contributed by atoms with Gasteiger partial charge in [-0.05, 0) is 19.1 Å². The molecule has 0 atom stereocenters. The molecule has 112 valence electrons. The van der Waals surface area contributed by atoms with Crippen LogP contribution in [0, 0.1) is 6.92 Å². The Kier molecular flexibility index (Phi) is 4.10. The SMILES string of the molecule is Cc1nc(C(=O)Nc2ccccc2OCC(F)(F)F)n[nH]1. The van der Waals surface area contributed by atoms with Gasteiger partial charge in [-0.3, -0.25) is 9.89 Å². The Hall–Kier alpha value is -2.58. The lowest BCUT2D eigenvalue weighted by Gasteiger charge is -2.13. The number of anilines is 1. The standard InChI is InChI=1S/C12H11F3N4O2/c1-7-16-10(19-18-7)11(20)17-8-4-2-3-5-9(8)21-6-12(13,14)15/h2-5H,6H2,1H3,(H,17,20)(H,16,18,19). The summed E-state index contributed by atoms with van der Waals surface area (Å²) in [6.07, 6.45) is -4.46. The lowest BCUT2D eigenvalue weighted by molar-refractivity contribution is -0.153. The third-order valence-electron chi connectivity index (χ3n) is 2.33. The summed E-state index contributed by atoms with van der Waals surface area (Å²) in [5.41, 5.74) is 0.106. The van der Waals surface area contributed by atoms with E-state index in [-0.39, 0.29) is 17.3 Å². The zero-order valence-corrected chi connectivity index (χ0v) is 10.9. The van der Waals surface area contributed by atoms with E-state index >= 15 is 0 Å². The first-order valence-electron chi connectivity index (χ1n) is 5.84. The first-order valence-corrected chi connectivity index (χ1v) is 5.84. The van der Waals surface area contributed by atoms with Gasteiger partial charge in [-0.1, -0.05) is 12.1 Å². The number of alkyl halides is 3. The smallest absolute Gasteiger partial charge is 0.422 e. The van der Waals surface area contributed by atoms with Gasteiger partial charge in [0.15, 0.2) is 6.61 Å². The van der Waals surface area contributed by atoms with Crippen LogP contribution in [0.15, 0.2) is 24.3 Å². The van der Waals surface area contributed by atoms with Crippen molar-refractivity contribution in [2.75, 3.05) is 11.9 Å². The zero-order valence-electron chi connectivity index (χ0n) is 10.9. The Morgan fingerprint density at radius 1 is 1.38 bits per heavy atom. The summed E-state index contributed by atoms with van der Waals surface area (Å²) < 4.78 is 41.2. The van der Waals surface area contributed by atoms with E-state index in [0.717, 1.165) is 0 Å². The molecule has 1 aromatic carbocycles. The largest absolute Gasteiger partial charge is 0.482 e. The minimum Gasteiger partial charge on any atom is -0.482 e. The molecule has 1 aromatic heterocycles. The van der Waals surface area contributed by atoms with Gasteiger partial charge >= 0.3 is 6.18 Å². The lowest BCUT2D eigenvalue weighted by Crippen LogP contribution is -2.20. The predicted octanol–water partition coefficient (Wildman–Crippen LogP) is 2.31. The number of hydrogen-bond donors (Lipinski definition) is 2. The number of para-hydroxylation sites is 2. The van der Waals surface area contributed by atoms with Crippen LogP contribution >= 0.6 is 0 Å². The van der Waals surface area contributed by atoms with Gasteiger partial charge < -0.3 is 10.1 Å². The molecule has 1 amide bonds. The predicted molar refractivity (Wildman–Crippen MR) is 67.1 cm³/mol. The van der Waals surface area contributed by atoms with Crippen molar-refractivity contribution in [3.8, 4) is 5.75 Å². The third-order valence-corrected chi connectivity index (χ3v) is 2.33. The van der Waals surface area contributed by atoms with E-state index in [1.54, 1.807) is 13.0 Å². The number of aromatic amines is 1. The minimum atomic E-state index is -4.46. The van der Waals surface area contributed by atoms with Gasteiger partial charge in [0.1, 0.15) is 11.6 Å². The molecule has 2 aromatic rings. The molecule has 0 saturated carbocycles. The van der Waals surface area contributed by atoms with Crippen molar-refractivity contribution in [2.45, 2.75) is 13.1 Å². The maximum absolute atomic E-state index is 12.2. The summed E-state index contributed by atoms with van der Waals surface area (Å²) in [7, 11) is 0. The molecule has 0 aliphatic rings. The number of H-pyrrole nitrogens is 1. The molecule has 0 spiro atoms. The normalized spacial score (nSPS) is 11.2. The summed E-state index contributed by atoms with van der Waals surface area (Å²) in [6, 6.07) is 5.80. The lowest BCUT2D eigenvalue weighted by atomic mass is 10.3. The van der Waals surface area contributed by atoms with Crippen LogP contribution in [-0.4, -0.2) is 33.9 Å². The number of nitrogens with zero attached hydrogens (tertiary/aromatic N) is 2. The van der Waals surface area contributed by atoms with Crippen LogP contribution in [0.4, 0.5) is 18.9 Å². The van der Waals surface area contributed by atoms with Crippen LogP contribution in [0.2, 0.25) is 0 Å². The topological polar surface area (TPSA) is 79.9 Å². The summed E-state index contributed by atoms with van der Waals surface area (Å²) in [5.74, 6) is -0.405. The average Bonchev–Trinajstić information content (AvgIpc) is 2.83. The summed E-state index contributed by atoms with van der Waals surface area (Å²) in [6.45, 7) is 0.170. The molecule has 9 heteroatoms. The maximum atomic E-state index is 12.2. The van der Waals surface area contributed by atoms with Gasteiger partial charge in [0.25, 0.3) is 5.91 Å². The number of halogens is 3. The number of hydrogen-bond acceptors (Lipinski definition) is 4. The molecular weight excluding hydrogens is 289 g/mol. The molecule has 0 saturated heterocycles. The zero-order chi connectivity index (χ0) is 15.5. The summed E-state index contributed by atoms with van der Waals surface area (Å²) in [4.78, 5) is 15.7. The molecular formula is C12H11F3N4O2. The van der Waals surface area contributed by atoms with Gasteiger partial charge in [0.05, 0.1) is 5.69 Å². The Morgan fingerprint density at radius 2 is 2.10 bits per heavy atom. The Bertz CT molecular complexity index is 639. The van der Waals surface area contributed by atoms with E-state index in [2.05, 4.69) is 25.2 Å². The second-order valence-corrected chi connectivity index (χ2v) is 4.10. The average molecular weight is 300 g/mol. The number of carbonyl (C=O) groups excluding carboxylic acids is 1. The molecule has 21 heavy (non-hydrogen) atoms. The molecule has 0 radical (unpaired) electrons. The highest BCUT2D eigenvalue weighted by molar-refractivity contribution is 6.02. The Morgan fingerprint density at radius 3 is 2.71 bits per heavy atom. The van der Waals surface area contributed by atoms with Crippen LogP contribution in [0.3, 0.4) is 0 Å². The van der Waals surface area contributed by atoms with Crippen molar-refractivity contribution in [1.82, 2.24) is 15.2 Å². The van der Waals surface area contributed by atoms with Crippen LogP contribution in [0.1, 0.15) is 16.4 Å². The number of benzene rings is 1. The van der Waals surface area contributed by atoms with Crippen molar-refractivity contribution in [3.63, 3.8) is 0 Å². The number of aromatic nitrogens is 3. The molecule has 2 rings (SSSR count). The van der Waals surface area contributed by atoms with Crippen LogP contribution in [-0.2, 0) is 0 Å². The fourth-order valence-electron chi connectivity index (χ4n) is 1.48. The van der Waals surface area contributed by atoms with Crippen LogP contribution < -0.4 is 10.1 Å². The number of nitrogens with one attached hydrogen (secondary N) is 2. The van der Waals surface area contributed by atoms with Crippen molar-refractivity contribution in [1.29, 1.82) is 0 Å². The monoisotopic (exact) mass is 300 g/mol. The van der Waals surface area contributed by atoms with Crippen molar-refractivity contribution in [2.24, 2.45) is 0 Å². The first kappa shape index (κ1) is 14.8. The van der Waals surface area contributed by atoms with Crippen molar-refractivity contribution in [3.05, 3.63) is 35.9 Å². The third kappa shape index (κ3) is 4.20. The summed E-state index contributed by atoms with van der Waals surface area (Å²) >= 11 is 0. The second-order valence-electron chi connectivity index (χ2n) is 4.10. The number of amides is 1. The number of aryl methyl sites for hydroxylation is 1. The van der Waals surface area contributed by atoms with Crippen LogP contribution in [0.25, 0.3) is 0 Å². The molecule has 0 bridgehead atoms. The second kappa shape index (κ2) is 5.81. The van der Waals surface area contributed by atoms with Crippen LogP contribution in [0.5, 0.6) is 5.75 Å². The highest BCUT2D eigenvalue weighted by Gasteiger charge is 2.29. The quantitative estimate of drug-likeness (QED) is 0.908. The van der Waals surface area contributed by atoms with E-state index in [9.17, 15) is 18.0 Å². The van der Waals surface area contributed by atoms with E-state index in [0.29, 0.717) is 5.82 Å². The van der Waals surface area contributed by atoms with E-state index in [1.165, 1.54) is 18.2 Å². The molecule has 0 unspecified atom stereocenters. The minimum absolute atomic E-state index is 0.0876. The summed E-state index contributed by atoms with van der Waals surface area (Å²) in [5, 5.41) is 8.55. The van der Waals surface area contributed by atoms with Gasteiger partial charge in [0, 0.05) is 0 Å². The molecule has 0 aliphatic heterocycles. The maximum Gasteiger partial charge on any atom is 0.422 e. The van der Waals surface area contributed by atoms with E-state index < -0.39 is 18.7 Å². The Labute approximate surface area is 117 Å². The van der Waals surface area contributed by atoms with Gasteiger partial charge in [-0.25, -0.2) is 4.98 Å². The van der Waals surface area contributed by atoms with E-state index in [1.807, 2.05) is 0 Å². The Balaban J connectivity index is 2.11. The fraction of sp³-hybridized carbons (Fsp3) is 0.250. The van der Waals surface area contributed by atoms with Gasteiger partial charge in [0.2, 0.25) is 5.82 Å². The first-order chi connectivity index (χ1) is 9.85. The van der Waals surface area contributed by atoms with E-state index in [4.69, 9.17) is 0 Å². The number of carbonyl (C=O) groups is 1. The molecule has 2 N–H and O–H groups in total. The number of rotatable bonds is 4.